The predicted octanol–water partition coefficient (Wildman–Crippen LogP) is 4.24. The molecule has 9 rings (SSSR count). The minimum atomic E-state index is -0.514. The first kappa shape index (κ1) is 34.1. The van der Waals surface area contributed by atoms with Crippen molar-refractivity contribution in [1.29, 1.82) is 5.26 Å². The topological polar surface area (TPSA) is 137 Å². The Morgan fingerprint density at radius 1 is 1.04 bits per heavy atom. The van der Waals surface area contributed by atoms with Crippen LogP contribution in [0.3, 0.4) is 0 Å². The molecule has 0 saturated carbocycles. The fourth-order valence-electron chi connectivity index (χ4n) is 8.34. The maximum atomic E-state index is 13.0. The SMILES string of the molecule is COc1ccc(CN2C3CC2CN(c2cnc(-c4cc(OCCN5CC6CCCN(C(=O)OC(C)(C)C)C6C5)cn5ncc(C#N)c45)cn2)C3)cn1. The average molecular weight is 707 g/mol. The lowest BCUT2D eigenvalue weighted by Crippen LogP contribution is -2.68. The number of pyridine rings is 2. The summed E-state index contributed by atoms with van der Waals surface area (Å²) < 4.78 is 18.9. The molecule has 14 heteroatoms. The molecular weight excluding hydrogens is 660 g/mol. The summed E-state index contributed by atoms with van der Waals surface area (Å²) in [7, 11) is 1.63. The van der Waals surface area contributed by atoms with Crippen molar-refractivity contribution in [3.63, 3.8) is 0 Å². The molecule has 2 bridgehead atoms. The molecule has 5 fully saturated rings. The summed E-state index contributed by atoms with van der Waals surface area (Å²) in [6.45, 7) is 12.1. The van der Waals surface area contributed by atoms with Gasteiger partial charge in [0.1, 0.15) is 29.8 Å². The molecule has 4 aromatic heterocycles. The lowest BCUT2D eigenvalue weighted by atomic mass is 9.87. The first-order valence-electron chi connectivity index (χ1n) is 18.2. The first-order valence-corrected chi connectivity index (χ1v) is 18.2. The van der Waals surface area contributed by atoms with Crippen LogP contribution in [0.5, 0.6) is 11.6 Å². The van der Waals surface area contributed by atoms with Crippen LogP contribution in [0.2, 0.25) is 0 Å². The second-order valence-corrected chi connectivity index (χ2v) is 15.4. The van der Waals surface area contributed by atoms with E-state index in [2.05, 4.69) is 36.9 Å². The molecule has 4 atom stereocenters. The number of ether oxygens (including phenoxy) is 3. The summed E-state index contributed by atoms with van der Waals surface area (Å²) >= 11 is 0. The number of piperazine rings is 1. The van der Waals surface area contributed by atoms with Crippen LogP contribution >= 0.6 is 0 Å². The van der Waals surface area contributed by atoms with Crippen LogP contribution in [0.1, 0.15) is 51.2 Å². The number of amides is 1. The number of fused-ring (bicyclic) bond motifs is 4. The van der Waals surface area contributed by atoms with Crippen LogP contribution in [-0.4, -0.2) is 122 Å². The summed E-state index contributed by atoms with van der Waals surface area (Å²) in [5.74, 6) is 2.54. The van der Waals surface area contributed by atoms with Crippen molar-refractivity contribution < 1.29 is 19.0 Å². The third kappa shape index (κ3) is 6.82. The number of nitriles is 1. The van der Waals surface area contributed by atoms with Crippen LogP contribution in [0.4, 0.5) is 10.6 Å². The number of methoxy groups -OCH3 is 1. The number of piperidine rings is 2. The van der Waals surface area contributed by atoms with Gasteiger partial charge in [0.05, 0.1) is 54.7 Å². The molecule has 272 valence electrons. The monoisotopic (exact) mass is 706 g/mol. The Kier molecular flexibility index (Phi) is 9.09. The molecule has 14 nitrogen and oxygen atoms in total. The van der Waals surface area contributed by atoms with Crippen molar-refractivity contribution in [3.8, 4) is 29.0 Å². The molecule has 0 N–H and O–H groups in total. The van der Waals surface area contributed by atoms with Gasteiger partial charge in [0.25, 0.3) is 0 Å². The second-order valence-electron chi connectivity index (χ2n) is 15.4. The Morgan fingerprint density at radius 2 is 1.88 bits per heavy atom. The predicted molar refractivity (Wildman–Crippen MR) is 193 cm³/mol. The molecular formula is C38H46N10O4. The van der Waals surface area contributed by atoms with E-state index in [1.165, 1.54) is 12.0 Å². The molecule has 5 aliphatic heterocycles. The van der Waals surface area contributed by atoms with Gasteiger partial charge < -0.3 is 24.0 Å². The van der Waals surface area contributed by atoms with Gasteiger partial charge in [0.15, 0.2) is 0 Å². The van der Waals surface area contributed by atoms with E-state index in [4.69, 9.17) is 24.2 Å². The Morgan fingerprint density at radius 3 is 2.60 bits per heavy atom. The van der Waals surface area contributed by atoms with Crippen molar-refractivity contribution in [3.05, 3.63) is 60.3 Å². The van der Waals surface area contributed by atoms with Gasteiger partial charge >= 0.3 is 6.09 Å². The zero-order valence-electron chi connectivity index (χ0n) is 30.3. The summed E-state index contributed by atoms with van der Waals surface area (Å²) in [5, 5.41) is 14.3. The van der Waals surface area contributed by atoms with E-state index in [1.54, 1.807) is 24.0 Å². The van der Waals surface area contributed by atoms with E-state index in [0.29, 0.717) is 53.0 Å². The van der Waals surface area contributed by atoms with Gasteiger partial charge in [-0.25, -0.2) is 19.3 Å². The first-order chi connectivity index (χ1) is 25.2. The third-order valence-electron chi connectivity index (χ3n) is 10.8. The van der Waals surface area contributed by atoms with Crippen molar-refractivity contribution in [2.75, 3.05) is 57.9 Å². The van der Waals surface area contributed by atoms with Gasteiger partial charge in [-0.2, -0.15) is 10.4 Å². The van der Waals surface area contributed by atoms with Crippen LogP contribution in [0.15, 0.2) is 49.2 Å². The largest absolute Gasteiger partial charge is 0.491 e. The number of hydrogen-bond donors (Lipinski definition) is 0. The van der Waals surface area contributed by atoms with Gasteiger partial charge in [-0.15, -0.1) is 0 Å². The fourth-order valence-corrected chi connectivity index (χ4v) is 8.34. The lowest BCUT2D eigenvalue weighted by Gasteiger charge is -2.56. The van der Waals surface area contributed by atoms with Crippen LogP contribution < -0.4 is 14.4 Å². The van der Waals surface area contributed by atoms with E-state index in [0.717, 1.165) is 70.0 Å². The summed E-state index contributed by atoms with van der Waals surface area (Å²) in [6, 6.07) is 9.26. The molecule has 9 heterocycles. The highest BCUT2D eigenvalue weighted by atomic mass is 16.6. The number of likely N-dealkylation sites (tertiary alicyclic amines) is 2. The standard InChI is InChI=1S/C38H46N10O4/c1-38(2,3)52-37(49)46-9-5-6-26-20-44(24-33(26)46)10-11-51-30-13-31(36-27(14-39)16-43-48(36)23-30)32-17-41-34(18-40-32)45-21-28-12-29(22-45)47(28)19-25-7-8-35(50-4)42-15-25/h7-8,13,15-18,23,26,28-29,33H,5-6,9-12,19-22,24H2,1-4H3. The zero-order chi connectivity index (χ0) is 36.0. The van der Waals surface area contributed by atoms with E-state index in [-0.39, 0.29) is 12.1 Å². The van der Waals surface area contributed by atoms with Gasteiger partial charge in [0, 0.05) is 75.7 Å². The van der Waals surface area contributed by atoms with E-state index in [9.17, 15) is 10.1 Å². The van der Waals surface area contributed by atoms with Crippen LogP contribution in [0.25, 0.3) is 16.8 Å². The number of anilines is 1. The second kappa shape index (κ2) is 13.9. The molecule has 0 spiro atoms. The minimum Gasteiger partial charge on any atom is -0.491 e. The van der Waals surface area contributed by atoms with E-state index >= 15 is 0 Å². The Balaban J connectivity index is 0.915. The summed E-state index contributed by atoms with van der Waals surface area (Å²) in [6.07, 6.45) is 12.0. The normalized spacial score (nSPS) is 23.2. The molecule has 4 aromatic rings. The van der Waals surface area contributed by atoms with E-state index < -0.39 is 5.60 Å². The lowest BCUT2D eigenvalue weighted by molar-refractivity contribution is -0.00879. The highest BCUT2D eigenvalue weighted by Crippen LogP contribution is 2.36. The van der Waals surface area contributed by atoms with E-state index in [1.807, 2.05) is 56.4 Å². The van der Waals surface area contributed by atoms with Crippen LogP contribution in [-0.2, 0) is 11.3 Å². The molecule has 0 radical (unpaired) electrons. The highest BCUT2D eigenvalue weighted by molar-refractivity contribution is 5.83. The molecule has 52 heavy (non-hydrogen) atoms. The molecule has 0 aliphatic carbocycles. The number of nitrogens with zero attached hydrogens (tertiary/aromatic N) is 10. The van der Waals surface area contributed by atoms with Crippen molar-refractivity contribution in [2.45, 2.75) is 70.3 Å². The number of carbonyl (C=O) groups is 1. The summed E-state index contributed by atoms with van der Waals surface area (Å²) in [4.78, 5) is 36.2. The fraction of sp³-hybridized carbons (Fsp3) is 0.526. The Bertz CT molecular complexity index is 1940. The average Bonchev–Trinajstić information content (AvgIpc) is 3.77. The number of hydrogen-bond acceptors (Lipinski definition) is 12. The summed E-state index contributed by atoms with van der Waals surface area (Å²) in [5.41, 5.74) is 3.20. The van der Waals surface area contributed by atoms with Crippen LogP contribution in [0, 0.1) is 17.2 Å². The van der Waals surface area contributed by atoms with Gasteiger partial charge in [-0.1, -0.05) is 6.07 Å². The maximum Gasteiger partial charge on any atom is 0.410 e. The number of rotatable bonds is 9. The molecule has 5 saturated heterocycles. The third-order valence-corrected chi connectivity index (χ3v) is 10.8. The van der Waals surface area contributed by atoms with Gasteiger partial charge in [0.2, 0.25) is 5.88 Å². The smallest absolute Gasteiger partial charge is 0.410 e. The Hall–Kier alpha value is -5.00. The molecule has 1 amide bonds. The van der Waals surface area contributed by atoms with Crippen molar-refractivity contribution in [1.82, 2.24) is 39.3 Å². The maximum absolute atomic E-state index is 13.0. The highest BCUT2D eigenvalue weighted by Gasteiger charge is 2.45. The molecule has 5 aliphatic rings. The van der Waals surface area contributed by atoms with Gasteiger partial charge in [-0.3, -0.25) is 14.8 Å². The van der Waals surface area contributed by atoms with Gasteiger partial charge in [-0.05, 0) is 57.6 Å². The number of aromatic nitrogens is 5. The van der Waals surface area contributed by atoms with Crippen molar-refractivity contribution in [2.24, 2.45) is 5.92 Å². The van der Waals surface area contributed by atoms with Crippen molar-refractivity contribution >= 4 is 17.4 Å². The number of carbonyl (C=O) groups excluding carboxylic acids is 1. The Labute approximate surface area is 303 Å². The quantitative estimate of drug-likeness (QED) is 0.246. The zero-order valence-corrected chi connectivity index (χ0v) is 30.3. The minimum absolute atomic E-state index is 0.160. The molecule has 4 unspecified atom stereocenters. The molecule has 0 aromatic carbocycles.